The van der Waals surface area contributed by atoms with Gasteiger partial charge in [-0.3, -0.25) is 0 Å². The van der Waals surface area contributed by atoms with E-state index in [1.165, 1.54) is 37.9 Å². The molecule has 1 aromatic rings. The highest BCUT2D eigenvalue weighted by atomic mass is 15.3. The van der Waals surface area contributed by atoms with Crippen LogP contribution in [0.1, 0.15) is 50.7 Å². The van der Waals surface area contributed by atoms with Crippen molar-refractivity contribution in [2.45, 2.75) is 57.5 Å². The van der Waals surface area contributed by atoms with Gasteiger partial charge in [0.05, 0.1) is 6.54 Å². The summed E-state index contributed by atoms with van der Waals surface area (Å²) in [6.07, 6.45) is 6.63. The molecule has 4 nitrogen and oxygen atoms in total. The topological polar surface area (TPSA) is 42.7 Å². The van der Waals surface area contributed by atoms with Crippen molar-refractivity contribution in [2.75, 3.05) is 6.54 Å². The molecule has 2 aliphatic rings. The van der Waals surface area contributed by atoms with E-state index in [1.807, 2.05) is 0 Å². The van der Waals surface area contributed by atoms with Crippen LogP contribution in [0.4, 0.5) is 0 Å². The van der Waals surface area contributed by atoms with E-state index in [1.54, 1.807) is 0 Å². The maximum absolute atomic E-state index is 4.47. The van der Waals surface area contributed by atoms with Crippen LogP contribution in [0.2, 0.25) is 0 Å². The molecular weight excluding hydrogens is 200 g/mol. The largest absolute Gasteiger partial charge is 0.312 e. The van der Waals surface area contributed by atoms with Gasteiger partial charge < -0.3 is 9.88 Å². The highest BCUT2D eigenvalue weighted by molar-refractivity contribution is 5.11. The van der Waals surface area contributed by atoms with Gasteiger partial charge in [0.1, 0.15) is 11.6 Å². The molecule has 0 unspecified atom stereocenters. The normalized spacial score (nSPS) is 24.1. The first-order valence-electron chi connectivity index (χ1n) is 6.43. The van der Waals surface area contributed by atoms with Gasteiger partial charge in [-0.25, -0.2) is 0 Å². The fourth-order valence-electron chi connectivity index (χ4n) is 3.09. The Balaban J connectivity index is 1.95. The lowest BCUT2D eigenvalue weighted by molar-refractivity contribution is 0.289. The lowest BCUT2D eigenvalue weighted by Crippen LogP contribution is -2.34. The SMILES string of the molecule is CC1(c2nnc3n2CCNC3)CCCCC1. The van der Waals surface area contributed by atoms with Crippen molar-refractivity contribution >= 4 is 0 Å². The summed E-state index contributed by atoms with van der Waals surface area (Å²) in [6.45, 7) is 5.33. The van der Waals surface area contributed by atoms with Gasteiger partial charge in [-0.15, -0.1) is 10.2 Å². The number of aromatic nitrogens is 3. The molecule has 1 fully saturated rings. The molecule has 0 amide bonds. The second kappa shape index (κ2) is 3.84. The van der Waals surface area contributed by atoms with Gasteiger partial charge in [-0.1, -0.05) is 26.2 Å². The molecule has 0 saturated heterocycles. The highest BCUT2D eigenvalue weighted by Crippen LogP contribution is 2.38. The number of nitrogens with zero attached hydrogens (tertiary/aromatic N) is 3. The summed E-state index contributed by atoms with van der Waals surface area (Å²) in [5, 5.41) is 12.1. The average molecular weight is 220 g/mol. The monoisotopic (exact) mass is 220 g/mol. The van der Waals surface area contributed by atoms with Gasteiger partial charge in [-0.2, -0.15) is 0 Å². The minimum absolute atomic E-state index is 0.279. The summed E-state index contributed by atoms with van der Waals surface area (Å²) < 4.78 is 2.35. The van der Waals surface area contributed by atoms with E-state index >= 15 is 0 Å². The van der Waals surface area contributed by atoms with Crippen molar-refractivity contribution < 1.29 is 0 Å². The van der Waals surface area contributed by atoms with Crippen molar-refractivity contribution in [1.29, 1.82) is 0 Å². The first-order valence-corrected chi connectivity index (χ1v) is 6.43. The summed E-state index contributed by atoms with van der Waals surface area (Å²) in [4.78, 5) is 0. The molecule has 0 aromatic carbocycles. The van der Waals surface area contributed by atoms with E-state index in [2.05, 4.69) is 27.0 Å². The molecule has 16 heavy (non-hydrogen) atoms. The van der Waals surface area contributed by atoms with Crippen LogP contribution in [0.5, 0.6) is 0 Å². The zero-order chi connectivity index (χ0) is 11.0. The summed E-state index contributed by atoms with van der Waals surface area (Å²) in [6, 6.07) is 0. The zero-order valence-corrected chi connectivity index (χ0v) is 10.00. The summed E-state index contributed by atoms with van der Waals surface area (Å²) in [7, 11) is 0. The number of rotatable bonds is 1. The van der Waals surface area contributed by atoms with E-state index in [4.69, 9.17) is 0 Å². The van der Waals surface area contributed by atoms with Crippen molar-refractivity contribution in [1.82, 2.24) is 20.1 Å². The molecule has 88 valence electrons. The standard InChI is InChI=1S/C12H20N4/c1-12(5-3-2-4-6-12)11-15-14-10-9-13-7-8-16(10)11/h13H,2-9H2,1H3. The molecule has 1 aromatic heterocycles. The number of hydrogen-bond acceptors (Lipinski definition) is 3. The molecule has 0 atom stereocenters. The third-order valence-electron chi connectivity index (χ3n) is 4.12. The fraction of sp³-hybridized carbons (Fsp3) is 0.833. The van der Waals surface area contributed by atoms with Crippen molar-refractivity contribution in [3.05, 3.63) is 11.6 Å². The molecule has 1 N–H and O–H groups in total. The molecular formula is C12H20N4. The first-order chi connectivity index (χ1) is 7.80. The van der Waals surface area contributed by atoms with Crippen LogP contribution in [0, 0.1) is 0 Å². The predicted octanol–water partition coefficient (Wildman–Crippen LogP) is 1.60. The molecule has 0 radical (unpaired) electrons. The third-order valence-corrected chi connectivity index (χ3v) is 4.12. The number of fused-ring (bicyclic) bond motifs is 1. The Morgan fingerprint density at radius 2 is 2.00 bits per heavy atom. The van der Waals surface area contributed by atoms with Crippen LogP contribution in [0.3, 0.4) is 0 Å². The number of nitrogens with one attached hydrogen (secondary N) is 1. The smallest absolute Gasteiger partial charge is 0.147 e. The van der Waals surface area contributed by atoms with E-state index in [0.29, 0.717) is 0 Å². The van der Waals surface area contributed by atoms with Crippen LogP contribution < -0.4 is 5.32 Å². The van der Waals surface area contributed by atoms with Gasteiger partial charge in [0.15, 0.2) is 0 Å². The maximum Gasteiger partial charge on any atom is 0.147 e. The molecule has 0 bridgehead atoms. The Morgan fingerprint density at radius 3 is 2.81 bits per heavy atom. The molecule has 3 rings (SSSR count). The Kier molecular flexibility index (Phi) is 2.46. The number of hydrogen-bond donors (Lipinski definition) is 1. The maximum atomic E-state index is 4.47. The van der Waals surface area contributed by atoms with Gasteiger partial charge in [0.2, 0.25) is 0 Å². The van der Waals surface area contributed by atoms with Crippen LogP contribution in [-0.4, -0.2) is 21.3 Å². The van der Waals surface area contributed by atoms with Crippen molar-refractivity contribution in [3.63, 3.8) is 0 Å². The van der Waals surface area contributed by atoms with E-state index in [-0.39, 0.29) is 5.41 Å². The lowest BCUT2D eigenvalue weighted by atomic mass is 9.75. The van der Waals surface area contributed by atoms with E-state index in [0.717, 1.165) is 25.5 Å². The molecule has 1 saturated carbocycles. The van der Waals surface area contributed by atoms with Gasteiger partial charge in [-0.05, 0) is 12.8 Å². The minimum Gasteiger partial charge on any atom is -0.312 e. The fourth-order valence-corrected chi connectivity index (χ4v) is 3.09. The van der Waals surface area contributed by atoms with Crippen LogP contribution in [-0.2, 0) is 18.5 Å². The van der Waals surface area contributed by atoms with Gasteiger partial charge >= 0.3 is 0 Å². The van der Waals surface area contributed by atoms with E-state index in [9.17, 15) is 0 Å². The second-order valence-electron chi connectivity index (χ2n) is 5.39. The minimum atomic E-state index is 0.279. The molecule has 1 aliphatic carbocycles. The molecule has 1 aliphatic heterocycles. The van der Waals surface area contributed by atoms with Crippen LogP contribution >= 0.6 is 0 Å². The quantitative estimate of drug-likeness (QED) is 0.781. The van der Waals surface area contributed by atoms with Crippen molar-refractivity contribution in [3.8, 4) is 0 Å². The van der Waals surface area contributed by atoms with Gasteiger partial charge in [0.25, 0.3) is 0 Å². The Bertz CT molecular complexity index is 376. The Labute approximate surface area is 96.4 Å². The summed E-state index contributed by atoms with van der Waals surface area (Å²) in [5.41, 5.74) is 0.279. The van der Waals surface area contributed by atoms with Crippen molar-refractivity contribution in [2.24, 2.45) is 0 Å². The van der Waals surface area contributed by atoms with E-state index < -0.39 is 0 Å². The zero-order valence-electron chi connectivity index (χ0n) is 10.00. The lowest BCUT2D eigenvalue weighted by Gasteiger charge is -2.33. The third kappa shape index (κ3) is 1.56. The molecule has 4 heteroatoms. The summed E-state index contributed by atoms with van der Waals surface area (Å²) in [5.74, 6) is 2.36. The Hall–Kier alpha value is -0.900. The van der Waals surface area contributed by atoms with Gasteiger partial charge in [0, 0.05) is 18.5 Å². The predicted molar refractivity (Wildman–Crippen MR) is 62.2 cm³/mol. The molecule has 0 spiro atoms. The van der Waals surface area contributed by atoms with Crippen LogP contribution in [0.25, 0.3) is 0 Å². The average Bonchev–Trinajstić information content (AvgIpc) is 2.74. The second-order valence-corrected chi connectivity index (χ2v) is 5.39. The molecule has 2 heterocycles. The first kappa shape index (κ1) is 10.3. The highest BCUT2D eigenvalue weighted by Gasteiger charge is 2.34. The Morgan fingerprint density at radius 1 is 1.19 bits per heavy atom. The van der Waals surface area contributed by atoms with Crippen LogP contribution in [0.15, 0.2) is 0 Å². The summed E-state index contributed by atoms with van der Waals surface area (Å²) >= 11 is 0.